The van der Waals surface area contributed by atoms with Gasteiger partial charge in [-0.3, -0.25) is 9.89 Å². The number of aromatic hydroxyl groups is 1. The van der Waals surface area contributed by atoms with E-state index in [-0.39, 0.29) is 11.7 Å². The van der Waals surface area contributed by atoms with Crippen LogP contribution in [0.2, 0.25) is 0 Å². The van der Waals surface area contributed by atoms with E-state index in [0.717, 1.165) is 27.8 Å². The zero-order chi connectivity index (χ0) is 26.1. The van der Waals surface area contributed by atoms with Crippen LogP contribution in [0.4, 0.5) is 0 Å². The maximum Gasteiger partial charge on any atom is 0.273 e. The molecule has 1 atom stereocenters. The minimum Gasteiger partial charge on any atom is -0.507 e. The summed E-state index contributed by atoms with van der Waals surface area (Å²) in [5, 5.41) is 18.5. The van der Waals surface area contributed by atoms with Crippen LogP contribution in [-0.4, -0.2) is 39.3 Å². The number of ether oxygens (including phenoxy) is 2. The van der Waals surface area contributed by atoms with Gasteiger partial charge in [0.15, 0.2) is 11.5 Å². The van der Waals surface area contributed by atoms with Crippen molar-refractivity contribution >= 4 is 5.91 Å². The Balaban J connectivity index is 1.69. The molecule has 0 saturated carbocycles. The van der Waals surface area contributed by atoms with Gasteiger partial charge in [0.05, 0.1) is 19.3 Å². The second kappa shape index (κ2) is 10.0. The second-order valence-electron chi connectivity index (χ2n) is 9.23. The molecule has 7 nitrogen and oxygen atoms in total. The van der Waals surface area contributed by atoms with Crippen LogP contribution in [0.3, 0.4) is 0 Å². The SMILES string of the molecule is CCOc1ccc(C2c3c(-c4cc(C)cc(C)c4O)n[nH]c3C(=O)N2Cc2ccccc2)cc1OCC. The molecule has 0 aliphatic carbocycles. The number of carbonyl (C=O) groups is 1. The maximum atomic E-state index is 13.8. The van der Waals surface area contributed by atoms with Crippen molar-refractivity contribution in [2.75, 3.05) is 13.2 Å². The second-order valence-corrected chi connectivity index (χ2v) is 9.23. The molecule has 4 aromatic rings. The topological polar surface area (TPSA) is 87.7 Å². The fourth-order valence-electron chi connectivity index (χ4n) is 5.07. The van der Waals surface area contributed by atoms with E-state index in [2.05, 4.69) is 10.2 Å². The Hall–Kier alpha value is -4.26. The third-order valence-corrected chi connectivity index (χ3v) is 6.64. The molecule has 5 rings (SSSR count). The normalized spacial score (nSPS) is 14.6. The average molecular weight is 498 g/mol. The van der Waals surface area contributed by atoms with E-state index in [1.807, 2.05) is 93.3 Å². The number of amides is 1. The van der Waals surface area contributed by atoms with E-state index in [9.17, 15) is 9.90 Å². The third kappa shape index (κ3) is 4.42. The molecular weight excluding hydrogens is 466 g/mol. The highest BCUT2D eigenvalue weighted by atomic mass is 16.5. The Bertz CT molecular complexity index is 1440. The number of benzene rings is 3. The number of fused-ring (bicyclic) bond motifs is 1. The van der Waals surface area contributed by atoms with E-state index >= 15 is 0 Å². The van der Waals surface area contributed by atoms with Crippen molar-refractivity contribution in [1.29, 1.82) is 0 Å². The molecule has 2 heterocycles. The van der Waals surface area contributed by atoms with Crippen molar-refractivity contribution < 1.29 is 19.4 Å². The molecule has 0 bridgehead atoms. The van der Waals surface area contributed by atoms with E-state index in [1.165, 1.54) is 0 Å². The predicted octanol–water partition coefficient (Wildman–Crippen LogP) is 5.94. The van der Waals surface area contributed by atoms with Crippen LogP contribution in [0.1, 0.15) is 58.2 Å². The lowest BCUT2D eigenvalue weighted by atomic mass is 9.93. The number of phenols is 1. The van der Waals surface area contributed by atoms with Crippen molar-refractivity contribution in [2.45, 2.75) is 40.3 Å². The van der Waals surface area contributed by atoms with Crippen molar-refractivity contribution in [1.82, 2.24) is 15.1 Å². The van der Waals surface area contributed by atoms with E-state index in [4.69, 9.17) is 9.47 Å². The van der Waals surface area contributed by atoms with Crippen molar-refractivity contribution in [3.8, 4) is 28.5 Å². The minimum absolute atomic E-state index is 0.140. The van der Waals surface area contributed by atoms with Crippen LogP contribution < -0.4 is 9.47 Å². The van der Waals surface area contributed by atoms with Crippen LogP contribution in [0.25, 0.3) is 11.3 Å². The monoisotopic (exact) mass is 497 g/mol. The van der Waals surface area contributed by atoms with Crippen molar-refractivity contribution in [3.63, 3.8) is 0 Å². The number of aromatic amines is 1. The zero-order valence-corrected chi connectivity index (χ0v) is 21.5. The molecule has 37 heavy (non-hydrogen) atoms. The fourth-order valence-corrected chi connectivity index (χ4v) is 5.07. The maximum absolute atomic E-state index is 13.8. The van der Waals surface area contributed by atoms with E-state index in [1.54, 1.807) is 0 Å². The van der Waals surface area contributed by atoms with Gasteiger partial charge < -0.3 is 19.5 Å². The van der Waals surface area contributed by atoms with Gasteiger partial charge in [0.2, 0.25) is 0 Å². The first-order chi connectivity index (χ1) is 17.9. The summed E-state index contributed by atoms with van der Waals surface area (Å²) in [7, 11) is 0. The lowest BCUT2D eigenvalue weighted by Crippen LogP contribution is -2.29. The van der Waals surface area contributed by atoms with Gasteiger partial charge in [-0.15, -0.1) is 0 Å². The molecule has 1 aliphatic heterocycles. The first-order valence-corrected chi connectivity index (χ1v) is 12.6. The van der Waals surface area contributed by atoms with Gasteiger partial charge in [0, 0.05) is 17.7 Å². The van der Waals surface area contributed by atoms with Crippen LogP contribution in [0.5, 0.6) is 17.2 Å². The highest BCUT2D eigenvalue weighted by molar-refractivity contribution is 6.00. The molecule has 0 saturated heterocycles. The molecule has 0 fully saturated rings. The Morgan fingerprint density at radius 3 is 2.43 bits per heavy atom. The number of H-pyrrole nitrogens is 1. The lowest BCUT2D eigenvalue weighted by molar-refractivity contribution is 0.0729. The highest BCUT2D eigenvalue weighted by Gasteiger charge is 2.43. The van der Waals surface area contributed by atoms with Gasteiger partial charge in [0.25, 0.3) is 5.91 Å². The number of hydrogen-bond acceptors (Lipinski definition) is 5. The number of aryl methyl sites for hydroxylation is 2. The Morgan fingerprint density at radius 2 is 1.70 bits per heavy atom. The standard InChI is InChI=1S/C30H31N3O4/c1-5-36-23-13-12-21(16-24(23)37-6-2)28-25-26(22-15-18(3)14-19(4)29(22)34)31-32-27(25)30(35)33(28)17-20-10-8-7-9-11-20/h7-16,28,34H,5-6,17H2,1-4H3,(H,31,32). The number of nitrogens with one attached hydrogen (secondary N) is 1. The molecule has 1 aliphatic rings. The zero-order valence-electron chi connectivity index (χ0n) is 21.5. The average Bonchev–Trinajstić information content (AvgIpc) is 3.42. The van der Waals surface area contributed by atoms with Gasteiger partial charge in [0.1, 0.15) is 17.1 Å². The number of aromatic nitrogens is 2. The van der Waals surface area contributed by atoms with Crippen LogP contribution in [-0.2, 0) is 6.54 Å². The van der Waals surface area contributed by atoms with Crippen LogP contribution in [0, 0.1) is 13.8 Å². The van der Waals surface area contributed by atoms with Gasteiger partial charge in [-0.2, -0.15) is 5.10 Å². The number of phenolic OH excluding ortho intramolecular Hbond substituents is 1. The fraction of sp³-hybridized carbons (Fsp3) is 0.267. The molecule has 1 amide bonds. The van der Waals surface area contributed by atoms with Gasteiger partial charge in [-0.05, 0) is 68.1 Å². The molecular formula is C30H31N3O4. The van der Waals surface area contributed by atoms with E-state index in [0.29, 0.717) is 48.2 Å². The Morgan fingerprint density at radius 1 is 0.973 bits per heavy atom. The largest absolute Gasteiger partial charge is 0.507 e. The van der Waals surface area contributed by atoms with Crippen LogP contribution >= 0.6 is 0 Å². The van der Waals surface area contributed by atoms with Gasteiger partial charge in [-0.1, -0.05) is 42.5 Å². The molecule has 3 aromatic carbocycles. The quantitative estimate of drug-likeness (QED) is 0.314. The minimum atomic E-state index is -0.438. The molecule has 2 N–H and O–H groups in total. The van der Waals surface area contributed by atoms with Gasteiger partial charge in [-0.25, -0.2) is 0 Å². The summed E-state index contributed by atoms with van der Waals surface area (Å²) in [6, 6.07) is 19.1. The first-order valence-electron chi connectivity index (χ1n) is 12.6. The molecule has 7 heteroatoms. The first kappa shape index (κ1) is 24.4. The summed E-state index contributed by atoms with van der Waals surface area (Å²) in [4.78, 5) is 15.6. The number of nitrogens with zero attached hydrogens (tertiary/aromatic N) is 2. The summed E-state index contributed by atoms with van der Waals surface area (Å²) < 4.78 is 11.7. The number of carbonyl (C=O) groups excluding carboxylic acids is 1. The van der Waals surface area contributed by atoms with Gasteiger partial charge >= 0.3 is 0 Å². The summed E-state index contributed by atoms with van der Waals surface area (Å²) in [5.41, 5.74) is 6.00. The van der Waals surface area contributed by atoms with Crippen molar-refractivity contribution in [2.24, 2.45) is 0 Å². The summed E-state index contributed by atoms with van der Waals surface area (Å²) >= 11 is 0. The summed E-state index contributed by atoms with van der Waals surface area (Å²) in [6.45, 7) is 9.13. The summed E-state index contributed by atoms with van der Waals surface area (Å²) in [6.07, 6.45) is 0. The smallest absolute Gasteiger partial charge is 0.273 e. The predicted molar refractivity (Wildman–Crippen MR) is 142 cm³/mol. The molecule has 1 aromatic heterocycles. The molecule has 0 radical (unpaired) electrons. The molecule has 1 unspecified atom stereocenters. The number of rotatable bonds is 8. The lowest BCUT2D eigenvalue weighted by Gasteiger charge is -2.27. The molecule has 190 valence electrons. The number of hydrogen-bond donors (Lipinski definition) is 2. The Kier molecular flexibility index (Phi) is 6.61. The highest BCUT2D eigenvalue weighted by Crippen LogP contribution is 2.47. The molecule has 0 spiro atoms. The third-order valence-electron chi connectivity index (χ3n) is 6.64. The van der Waals surface area contributed by atoms with Crippen molar-refractivity contribution in [3.05, 3.63) is 94.2 Å². The summed E-state index contributed by atoms with van der Waals surface area (Å²) in [5.74, 6) is 1.31. The van der Waals surface area contributed by atoms with E-state index < -0.39 is 6.04 Å². The van der Waals surface area contributed by atoms with Crippen LogP contribution in [0.15, 0.2) is 60.7 Å². The Labute approximate surface area is 216 Å².